The predicted molar refractivity (Wildman–Crippen MR) is 57.0 cm³/mol. The molecule has 2 heterocycles. The van der Waals surface area contributed by atoms with Crippen LogP contribution < -0.4 is 5.32 Å². The number of aromatic nitrogens is 3. The number of hydrogen-bond acceptors (Lipinski definition) is 5. The Morgan fingerprint density at radius 1 is 1.69 bits per heavy atom. The lowest BCUT2D eigenvalue weighted by atomic mass is 10.1. The van der Waals surface area contributed by atoms with Gasteiger partial charge in [0.05, 0.1) is 19.9 Å². The van der Waals surface area contributed by atoms with Crippen LogP contribution in [0, 0.1) is 0 Å². The Labute approximate surface area is 94.0 Å². The number of methoxy groups -OCH3 is 1. The summed E-state index contributed by atoms with van der Waals surface area (Å²) in [6.45, 7) is 1.81. The molecular formula is C10H16N4O2. The van der Waals surface area contributed by atoms with Gasteiger partial charge in [-0.1, -0.05) is 11.6 Å². The molecule has 1 atom stereocenters. The van der Waals surface area contributed by atoms with Gasteiger partial charge in [0.2, 0.25) is 0 Å². The zero-order valence-electron chi connectivity index (χ0n) is 9.35. The fourth-order valence-electron chi connectivity index (χ4n) is 1.89. The molecule has 88 valence electrons. The van der Waals surface area contributed by atoms with E-state index in [0.29, 0.717) is 6.04 Å². The van der Waals surface area contributed by atoms with Crippen LogP contribution in [-0.4, -0.2) is 40.7 Å². The molecule has 1 aromatic heterocycles. The highest BCUT2D eigenvalue weighted by Gasteiger charge is 2.15. The third kappa shape index (κ3) is 2.57. The second-order valence-electron chi connectivity index (χ2n) is 3.96. The number of piperidine rings is 1. The molecule has 0 amide bonds. The maximum atomic E-state index is 11.2. The minimum absolute atomic E-state index is 0.262. The molecule has 0 saturated carbocycles. The van der Waals surface area contributed by atoms with Crippen LogP contribution in [-0.2, 0) is 11.3 Å². The summed E-state index contributed by atoms with van der Waals surface area (Å²) in [6.07, 6.45) is 5.26. The number of esters is 1. The Morgan fingerprint density at radius 2 is 2.56 bits per heavy atom. The van der Waals surface area contributed by atoms with Crippen LogP contribution in [0.1, 0.15) is 29.8 Å². The van der Waals surface area contributed by atoms with E-state index < -0.39 is 5.97 Å². The fraction of sp³-hybridized carbons (Fsp3) is 0.700. The summed E-state index contributed by atoms with van der Waals surface area (Å²) < 4.78 is 6.26. The van der Waals surface area contributed by atoms with Gasteiger partial charge >= 0.3 is 5.97 Å². The van der Waals surface area contributed by atoms with Crippen LogP contribution in [0.15, 0.2) is 6.20 Å². The average Bonchev–Trinajstić information content (AvgIpc) is 2.78. The first-order chi connectivity index (χ1) is 7.79. The maximum Gasteiger partial charge on any atom is 0.360 e. The van der Waals surface area contributed by atoms with E-state index in [9.17, 15) is 4.79 Å². The Kier molecular flexibility index (Phi) is 3.51. The van der Waals surface area contributed by atoms with Gasteiger partial charge in [-0.05, 0) is 19.4 Å². The van der Waals surface area contributed by atoms with Gasteiger partial charge in [-0.25, -0.2) is 4.79 Å². The quantitative estimate of drug-likeness (QED) is 0.743. The van der Waals surface area contributed by atoms with Crippen LogP contribution >= 0.6 is 0 Å². The summed E-state index contributed by atoms with van der Waals surface area (Å²) in [7, 11) is 1.34. The first kappa shape index (κ1) is 11.1. The van der Waals surface area contributed by atoms with Crippen molar-refractivity contribution in [2.75, 3.05) is 13.7 Å². The van der Waals surface area contributed by atoms with Gasteiger partial charge in [-0.15, -0.1) is 5.10 Å². The first-order valence-electron chi connectivity index (χ1n) is 5.51. The van der Waals surface area contributed by atoms with Gasteiger partial charge in [0.25, 0.3) is 0 Å². The molecular weight excluding hydrogens is 208 g/mol. The molecule has 1 aliphatic rings. The van der Waals surface area contributed by atoms with E-state index in [0.717, 1.165) is 19.5 Å². The Hall–Kier alpha value is -1.43. The van der Waals surface area contributed by atoms with E-state index in [4.69, 9.17) is 0 Å². The fourth-order valence-corrected chi connectivity index (χ4v) is 1.89. The molecule has 1 aliphatic heterocycles. The summed E-state index contributed by atoms with van der Waals surface area (Å²) in [5.74, 6) is -0.442. The Morgan fingerprint density at radius 3 is 3.25 bits per heavy atom. The molecule has 1 fully saturated rings. The zero-order valence-corrected chi connectivity index (χ0v) is 9.35. The number of nitrogens with one attached hydrogen (secondary N) is 1. The van der Waals surface area contributed by atoms with E-state index >= 15 is 0 Å². The average molecular weight is 224 g/mol. The molecule has 2 rings (SSSR count). The lowest BCUT2D eigenvalue weighted by molar-refractivity contribution is 0.0594. The van der Waals surface area contributed by atoms with Gasteiger partial charge < -0.3 is 10.1 Å². The number of ether oxygens (including phenoxy) is 1. The van der Waals surface area contributed by atoms with Crippen molar-refractivity contribution in [1.82, 2.24) is 20.3 Å². The van der Waals surface area contributed by atoms with Gasteiger partial charge in [0.15, 0.2) is 5.69 Å². The van der Waals surface area contributed by atoms with Crippen molar-refractivity contribution in [3.8, 4) is 0 Å². The highest BCUT2D eigenvalue weighted by atomic mass is 16.5. The van der Waals surface area contributed by atoms with Crippen molar-refractivity contribution >= 4 is 5.97 Å². The van der Waals surface area contributed by atoms with Gasteiger partial charge in [-0.3, -0.25) is 4.68 Å². The zero-order chi connectivity index (χ0) is 11.4. The van der Waals surface area contributed by atoms with Crippen molar-refractivity contribution < 1.29 is 9.53 Å². The standard InChI is InChI=1S/C10H16N4O2/c1-16-10(15)9-7-14(13-12-9)6-8-4-2-3-5-11-8/h7-8,11H,2-6H2,1H3. The van der Waals surface area contributed by atoms with Crippen LogP contribution in [0.3, 0.4) is 0 Å². The second-order valence-corrected chi connectivity index (χ2v) is 3.96. The molecule has 1 aromatic rings. The molecule has 0 bridgehead atoms. The van der Waals surface area contributed by atoms with Gasteiger partial charge in [0, 0.05) is 6.04 Å². The largest absolute Gasteiger partial charge is 0.464 e. The molecule has 0 aliphatic carbocycles. The van der Waals surface area contributed by atoms with Crippen molar-refractivity contribution in [3.63, 3.8) is 0 Å². The summed E-state index contributed by atoms with van der Waals surface area (Å²) in [5, 5.41) is 11.1. The smallest absolute Gasteiger partial charge is 0.360 e. The molecule has 0 spiro atoms. The number of carbonyl (C=O) groups excluding carboxylic acids is 1. The number of nitrogens with zero attached hydrogens (tertiary/aromatic N) is 3. The SMILES string of the molecule is COC(=O)c1cn(CC2CCCCN2)nn1. The van der Waals surface area contributed by atoms with Crippen LogP contribution in [0.4, 0.5) is 0 Å². The molecule has 6 heteroatoms. The molecule has 0 aromatic carbocycles. The van der Waals surface area contributed by atoms with Gasteiger partial charge in [0.1, 0.15) is 0 Å². The topological polar surface area (TPSA) is 69.0 Å². The first-order valence-corrected chi connectivity index (χ1v) is 5.51. The van der Waals surface area contributed by atoms with E-state index in [1.807, 2.05) is 0 Å². The monoisotopic (exact) mass is 224 g/mol. The lowest BCUT2D eigenvalue weighted by Crippen LogP contribution is -2.37. The van der Waals surface area contributed by atoms with Crippen molar-refractivity contribution in [1.29, 1.82) is 0 Å². The third-order valence-electron chi connectivity index (χ3n) is 2.75. The minimum atomic E-state index is -0.442. The molecule has 1 saturated heterocycles. The second kappa shape index (κ2) is 5.07. The molecule has 6 nitrogen and oxygen atoms in total. The highest BCUT2D eigenvalue weighted by Crippen LogP contribution is 2.08. The predicted octanol–water partition coefficient (Wildman–Crippen LogP) is 0.207. The van der Waals surface area contributed by atoms with Crippen molar-refractivity contribution in [3.05, 3.63) is 11.9 Å². The summed E-state index contributed by atoms with van der Waals surface area (Å²) >= 11 is 0. The number of rotatable bonds is 3. The van der Waals surface area contributed by atoms with Crippen LogP contribution in [0.2, 0.25) is 0 Å². The van der Waals surface area contributed by atoms with E-state index in [1.54, 1.807) is 10.9 Å². The minimum Gasteiger partial charge on any atom is -0.464 e. The molecule has 1 unspecified atom stereocenters. The Balaban J connectivity index is 1.94. The maximum absolute atomic E-state index is 11.2. The highest BCUT2D eigenvalue weighted by molar-refractivity contribution is 5.86. The molecule has 16 heavy (non-hydrogen) atoms. The van der Waals surface area contributed by atoms with Crippen molar-refractivity contribution in [2.24, 2.45) is 0 Å². The number of carbonyl (C=O) groups is 1. The van der Waals surface area contributed by atoms with Gasteiger partial charge in [-0.2, -0.15) is 0 Å². The van der Waals surface area contributed by atoms with E-state index in [2.05, 4.69) is 20.4 Å². The van der Waals surface area contributed by atoms with Crippen LogP contribution in [0.5, 0.6) is 0 Å². The van der Waals surface area contributed by atoms with Crippen molar-refractivity contribution in [2.45, 2.75) is 31.8 Å². The van der Waals surface area contributed by atoms with E-state index in [1.165, 1.54) is 20.0 Å². The summed E-state index contributed by atoms with van der Waals surface area (Å²) in [4.78, 5) is 11.2. The summed E-state index contributed by atoms with van der Waals surface area (Å²) in [5.41, 5.74) is 0.262. The summed E-state index contributed by atoms with van der Waals surface area (Å²) in [6, 6.07) is 0.431. The molecule has 1 N–H and O–H groups in total. The normalized spacial score (nSPS) is 20.7. The number of hydrogen-bond donors (Lipinski definition) is 1. The molecule has 0 radical (unpaired) electrons. The van der Waals surface area contributed by atoms with Crippen LogP contribution in [0.25, 0.3) is 0 Å². The lowest BCUT2D eigenvalue weighted by Gasteiger charge is -2.22. The third-order valence-corrected chi connectivity index (χ3v) is 2.75. The Bertz CT molecular complexity index is 357. The van der Waals surface area contributed by atoms with E-state index in [-0.39, 0.29) is 5.69 Å².